The van der Waals surface area contributed by atoms with Gasteiger partial charge in [0.25, 0.3) is 0 Å². The summed E-state index contributed by atoms with van der Waals surface area (Å²) in [5.74, 6) is 0. The minimum absolute atomic E-state index is 0.0384. The van der Waals surface area contributed by atoms with Crippen LogP contribution in [0.5, 0.6) is 0 Å². The minimum atomic E-state index is 0.0384. The molecule has 7 N–H and O–H groups in total. The summed E-state index contributed by atoms with van der Waals surface area (Å²) in [5.41, 5.74) is 0. The van der Waals surface area contributed by atoms with E-state index in [9.17, 15) is 0 Å². The van der Waals surface area contributed by atoms with E-state index < -0.39 is 0 Å². The summed E-state index contributed by atoms with van der Waals surface area (Å²) in [6.07, 6.45) is 0. The molecular formula is C10H27N5O2. The maximum atomic E-state index is 8.47. The smallest absolute Gasteiger partial charge is 0.0931 e. The average molecular weight is 249 g/mol. The first-order chi connectivity index (χ1) is 8.41. The number of aliphatic hydroxyl groups is 2. The molecule has 17 heavy (non-hydrogen) atoms. The normalized spacial score (nSPS) is 10.9. The summed E-state index contributed by atoms with van der Waals surface area (Å²) >= 11 is 0. The molecule has 0 aromatic carbocycles. The Bertz CT molecular complexity index is 126. The van der Waals surface area contributed by atoms with E-state index in [1.54, 1.807) is 0 Å². The highest BCUT2D eigenvalue weighted by Crippen LogP contribution is 1.63. The Morgan fingerprint density at radius 3 is 0.882 bits per heavy atom. The lowest BCUT2D eigenvalue weighted by Gasteiger charge is -2.08. The molecule has 0 rings (SSSR count). The van der Waals surface area contributed by atoms with E-state index in [0.29, 0.717) is 0 Å². The molecule has 0 bridgehead atoms. The Morgan fingerprint density at radius 1 is 0.412 bits per heavy atom. The first kappa shape index (κ1) is 16.7. The third kappa shape index (κ3) is 15.7. The topological polar surface area (TPSA) is 101 Å². The van der Waals surface area contributed by atoms with Crippen LogP contribution in [0.3, 0.4) is 0 Å². The molecule has 0 saturated carbocycles. The van der Waals surface area contributed by atoms with E-state index in [-0.39, 0.29) is 13.5 Å². The van der Waals surface area contributed by atoms with E-state index in [1.165, 1.54) is 0 Å². The van der Waals surface area contributed by atoms with Crippen LogP contribution in [0.4, 0.5) is 0 Å². The largest absolute Gasteiger partial charge is 0.381 e. The summed E-state index contributed by atoms with van der Waals surface area (Å²) in [7, 11) is 0. The molecule has 7 nitrogen and oxygen atoms in total. The Balaban J connectivity index is 2.85. The number of hydrogen-bond donors (Lipinski definition) is 7. The fourth-order valence-corrected chi connectivity index (χ4v) is 1.24. The van der Waals surface area contributed by atoms with Gasteiger partial charge in [-0.2, -0.15) is 0 Å². The molecule has 0 aliphatic heterocycles. The quantitative estimate of drug-likeness (QED) is 0.129. The first-order valence-electron chi connectivity index (χ1n) is 6.17. The van der Waals surface area contributed by atoms with Crippen molar-refractivity contribution in [2.24, 2.45) is 0 Å². The van der Waals surface area contributed by atoms with Crippen molar-refractivity contribution in [3.63, 3.8) is 0 Å². The van der Waals surface area contributed by atoms with Crippen molar-refractivity contribution in [1.82, 2.24) is 26.6 Å². The zero-order valence-electron chi connectivity index (χ0n) is 10.5. The van der Waals surface area contributed by atoms with Gasteiger partial charge >= 0.3 is 0 Å². The third-order valence-electron chi connectivity index (χ3n) is 2.14. The van der Waals surface area contributed by atoms with Gasteiger partial charge < -0.3 is 26.2 Å². The lowest BCUT2D eigenvalue weighted by atomic mass is 10.5. The molecule has 0 heterocycles. The van der Waals surface area contributed by atoms with Crippen molar-refractivity contribution in [3.8, 4) is 0 Å². The van der Waals surface area contributed by atoms with Gasteiger partial charge in [-0.05, 0) is 0 Å². The lowest BCUT2D eigenvalue weighted by Crippen LogP contribution is -2.36. The van der Waals surface area contributed by atoms with Crippen LogP contribution in [0.25, 0.3) is 0 Å². The zero-order chi connectivity index (χ0) is 12.6. The molecule has 0 amide bonds. The highest BCUT2D eigenvalue weighted by Gasteiger charge is 1.89. The molecule has 0 fully saturated rings. The Hall–Kier alpha value is -0.280. The van der Waals surface area contributed by atoms with Crippen molar-refractivity contribution < 1.29 is 10.2 Å². The van der Waals surface area contributed by atoms with Crippen molar-refractivity contribution in [2.45, 2.75) is 0 Å². The van der Waals surface area contributed by atoms with Crippen molar-refractivity contribution in [1.29, 1.82) is 0 Å². The van der Waals surface area contributed by atoms with Gasteiger partial charge in [0, 0.05) is 52.4 Å². The number of aliphatic hydroxyl groups excluding tert-OH is 2. The van der Waals surface area contributed by atoms with Crippen molar-refractivity contribution >= 4 is 0 Å². The van der Waals surface area contributed by atoms with Crippen LogP contribution < -0.4 is 26.6 Å². The summed E-state index contributed by atoms with van der Waals surface area (Å²) in [5, 5.41) is 32.4. The molecule has 0 aliphatic carbocycles. The second kappa shape index (κ2) is 15.7. The van der Waals surface area contributed by atoms with Crippen LogP contribution >= 0.6 is 0 Å². The molecule has 0 unspecified atom stereocenters. The third-order valence-corrected chi connectivity index (χ3v) is 2.14. The van der Waals surface area contributed by atoms with Crippen molar-refractivity contribution in [2.75, 3.05) is 65.8 Å². The number of nitrogens with one attached hydrogen (secondary N) is 5. The van der Waals surface area contributed by atoms with Gasteiger partial charge in [-0.25, -0.2) is 0 Å². The van der Waals surface area contributed by atoms with Gasteiger partial charge in [-0.3, -0.25) is 10.6 Å². The Labute approximate surface area is 103 Å². The second-order valence-corrected chi connectivity index (χ2v) is 3.57. The van der Waals surface area contributed by atoms with Crippen LogP contribution in [0.15, 0.2) is 0 Å². The maximum Gasteiger partial charge on any atom is 0.0931 e. The average Bonchev–Trinajstić information content (AvgIpc) is 2.35. The monoisotopic (exact) mass is 249 g/mol. The minimum Gasteiger partial charge on any atom is -0.381 e. The second-order valence-electron chi connectivity index (χ2n) is 3.57. The van der Waals surface area contributed by atoms with Crippen LogP contribution in [-0.2, 0) is 0 Å². The number of hydrogen-bond acceptors (Lipinski definition) is 7. The van der Waals surface area contributed by atoms with E-state index in [1.807, 2.05) is 0 Å². The van der Waals surface area contributed by atoms with Crippen LogP contribution in [0.1, 0.15) is 0 Å². The van der Waals surface area contributed by atoms with Gasteiger partial charge in [0.1, 0.15) is 0 Å². The fraction of sp³-hybridized carbons (Fsp3) is 1.00. The predicted molar refractivity (Wildman–Crippen MR) is 68.8 cm³/mol. The predicted octanol–water partition coefficient (Wildman–Crippen LogP) is -3.17. The maximum absolute atomic E-state index is 8.47. The fourth-order valence-electron chi connectivity index (χ4n) is 1.24. The molecule has 0 aliphatic rings. The van der Waals surface area contributed by atoms with Crippen LogP contribution in [0, 0.1) is 0 Å². The Morgan fingerprint density at radius 2 is 0.647 bits per heavy atom. The molecule has 0 saturated heterocycles. The standard InChI is InChI=1S/C10H27N5O2/c16-9-14-7-5-12-3-1-11-2-4-13-6-8-15-10-17/h11-17H,1-10H2. The van der Waals surface area contributed by atoms with Gasteiger partial charge in [0.15, 0.2) is 0 Å². The highest BCUT2D eigenvalue weighted by molar-refractivity contribution is 4.56. The molecule has 104 valence electrons. The first-order valence-corrected chi connectivity index (χ1v) is 6.17. The van der Waals surface area contributed by atoms with Crippen LogP contribution in [-0.4, -0.2) is 76.0 Å². The molecule has 0 radical (unpaired) electrons. The van der Waals surface area contributed by atoms with Gasteiger partial charge in [0.05, 0.1) is 13.5 Å². The van der Waals surface area contributed by atoms with Gasteiger partial charge in [0.2, 0.25) is 0 Å². The highest BCUT2D eigenvalue weighted by atomic mass is 16.3. The summed E-state index contributed by atoms with van der Waals surface area (Å²) in [6, 6.07) is 0. The van der Waals surface area contributed by atoms with Gasteiger partial charge in [-0.15, -0.1) is 0 Å². The SMILES string of the molecule is OCNCCNCCNCCNCCNCO. The molecule has 0 aromatic rings. The van der Waals surface area contributed by atoms with Crippen LogP contribution in [0.2, 0.25) is 0 Å². The molecule has 0 atom stereocenters. The van der Waals surface area contributed by atoms with E-state index in [4.69, 9.17) is 10.2 Å². The summed E-state index contributed by atoms with van der Waals surface area (Å²) < 4.78 is 0. The molecular weight excluding hydrogens is 222 g/mol. The molecule has 0 spiro atoms. The lowest BCUT2D eigenvalue weighted by molar-refractivity contribution is 0.261. The molecule has 0 aromatic heterocycles. The van der Waals surface area contributed by atoms with E-state index >= 15 is 0 Å². The van der Waals surface area contributed by atoms with Crippen molar-refractivity contribution in [3.05, 3.63) is 0 Å². The number of rotatable bonds is 14. The summed E-state index contributed by atoms with van der Waals surface area (Å²) in [4.78, 5) is 0. The van der Waals surface area contributed by atoms with Gasteiger partial charge in [-0.1, -0.05) is 0 Å². The van der Waals surface area contributed by atoms with E-state index in [0.717, 1.165) is 52.4 Å². The molecule has 7 heteroatoms. The Kier molecular flexibility index (Phi) is 15.5. The van der Waals surface area contributed by atoms with E-state index in [2.05, 4.69) is 26.6 Å². The summed E-state index contributed by atoms with van der Waals surface area (Å²) in [6.45, 7) is 7.13. The zero-order valence-corrected chi connectivity index (χ0v) is 10.5.